The standard InChI is InChI=1S/C10H9N3O2/c1-13-8-4-3-6(15-2)5-7(8)9(12-11)10(13)14/h3-5H,1-2H3/p+1. The van der Waals surface area contributed by atoms with E-state index < -0.39 is 0 Å². The highest BCUT2D eigenvalue weighted by Gasteiger charge is 2.25. The van der Waals surface area contributed by atoms with Crippen LogP contribution >= 0.6 is 0 Å². The van der Waals surface area contributed by atoms with Crippen molar-refractivity contribution in [2.75, 3.05) is 7.11 Å². The minimum atomic E-state index is -0.0687. The Bertz CT molecular complexity index is 566. The van der Waals surface area contributed by atoms with E-state index in [0.29, 0.717) is 11.1 Å². The van der Waals surface area contributed by atoms with Gasteiger partial charge in [0, 0.05) is 7.05 Å². The lowest BCUT2D eigenvalue weighted by molar-refractivity contribution is 0.415. The van der Waals surface area contributed by atoms with Crippen LogP contribution in [0.2, 0.25) is 0 Å². The van der Waals surface area contributed by atoms with Crippen LogP contribution in [0.25, 0.3) is 15.9 Å². The summed E-state index contributed by atoms with van der Waals surface area (Å²) in [6.45, 7) is 0. The van der Waals surface area contributed by atoms with E-state index in [9.17, 15) is 5.11 Å². The fraction of sp³-hybridized carbons (Fsp3) is 0.200. The Balaban J connectivity index is 2.87. The molecule has 0 fully saturated rings. The van der Waals surface area contributed by atoms with Crippen LogP contribution in [0.1, 0.15) is 0 Å². The van der Waals surface area contributed by atoms with Crippen molar-refractivity contribution in [2.24, 2.45) is 7.05 Å². The van der Waals surface area contributed by atoms with Gasteiger partial charge in [-0.2, -0.15) is 0 Å². The molecule has 0 radical (unpaired) electrons. The molecule has 5 nitrogen and oxygen atoms in total. The van der Waals surface area contributed by atoms with Gasteiger partial charge in [0.05, 0.1) is 12.6 Å². The normalized spacial score (nSPS) is 10.2. The van der Waals surface area contributed by atoms with Crippen LogP contribution in [0.15, 0.2) is 18.2 Å². The molecular weight excluding hydrogens is 194 g/mol. The van der Waals surface area contributed by atoms with Crippen molar-refractivity contribution in [2.45, 2.75) is 0 Å². The third-order valence-electron chi connectivity index (χ3n) is 2.45. The number of nitrogens with zero attached hydrogens (tertiary/aromatic N) is 3. The maximum atomic E-state index is 9.65. The summed E-state index contributed by atoms with van der Waals surface area (Å²) in [7, 11) is 3.25. The van der Waals surface area contributed by atoms with Crippen molar-refractivity contribution >= 4 is 16.6 Å². The average Bonchev–Trinajstić information content (AvgIpc) is 2.51. The molecule has 1 N–H and O–H groups in total. The summed E-state index contributed by atoms with van der Waals surface area (Å²) < 4.78 is 6.60. The molecule has 0 aliphatic heterocycles. The summed E-state index contributed by atoms with van der Waals surface area (Å²) in [4.78, 5) is 3.07. The smallest absolute Gasteiger partial charge is 0.453 e. The molecule has 0 saturated carbocycles. The quantitative estimate of drug-likeness (QED) is 0.725. The van der Waals surface area contributed by atoms with E-state index in [1.54, 1.807) is 36.9 Å². The van der Waals surface area contributed by atoms with Crippen LogP contribution in [0, 0.1) is 5.39 Å². The van der Waals surface area contributed by atoms with Gasteiger partial charge in [0.1, 0.15) is 11.1 Å². The van der Waals surface area contributed by atoms with E-state index in [0.717, 1.165) is 5.52 Å². The first-order valence-electron chi connectivity index (χ1n) is 4.39. The molecule has 1 aromatic carbocycles. The maximum Gasteiger partial charge on any atom is 0.453 e. The summed E-state index contributed by atoms with van der Waals surface area (Å²) in [5.74, 6) is 0.582. The minimum absolute atomic E-state index is 0.0687. The zero-order valence-electron chi connectivity index (χ0n) is 8.43. The maximum absolute atomic E-state index is 9.65. The molecule has 5 heteroatoms. The molecular formula is C10H10N3O2+. The van der Waals surface area contributed by atoms with Gasteiger partial charge in [-0.25, -0.2) is 0 Å². The molecule has 1 heterocycles. The van der Waals surface area contributed by atoms with Gasteiger partial charge < -0.3 is 14.4 Å². The highest BCUT2D eigenvalue weighted by atomic mass is 16.5. The van der Waals surface area contributed by atoms with Gasteiger partial charge in [0.2, 0.25) is 5.39 Å². The number of aryl methyl sites for hydroxylation is 1. The number of benzene rings is 1. The number of ether oxygens (including phenoxy) is 1. The van der Waals surface area contributed by atoms with Gasteiger partial charge in [-0.1, -0.05) is 0 Å². The van der Waals surface area contributed by atoms with Gasteiger partial charge >= 0.3 is 5.69 Å². The van der Waals surface area contributed by atoms with Crippen molar-refractivity contribution in [1.29, 1.82) is 5.39 Å². The highest BCUT2D eigenvalue weighted by Crippen LogP contribution is 2.39. The molecule has 1 aromatic heterocycles. The number of aromatic hydroxyl groups is 1. The zero-order valence-corrected chi connectivity index (χ0v) is 8.43. The van der Waals surface area contributed by atoms with E-state index in [4.69, 9.17) is 10.1 Å². The summed E-state index contributed by atoms with van der Waals surface area (Å²) >= 11 is 0. The summed E-state index contributed by atoms with van der Waals surface area (Å²) in [5, 5.41) is 19.1. The zero-order chi connectivity index (χ0) is 11.0. The number of hydrogen-bond donors (Lipinski definition) is 1. The second-order valence-corrected chi connectivity index (χ2v) is 3.21. The number of methoxy groups -OCH3 is 1. The third kappa shape index (κ3) is 1.19. The average molecular weight is 204 g/mol. The number of fused-ring (bicyclic) bond motifs is 1. The minimum Gasteiger partial charge on any atom is -0.497 e. The van der Waals surface area contributed by atoms with E-state index in [1.165, 1.54) is 0 Å². The van der Waals surface area contributed by atoms with Gasteiger partial charge in [0.15, 0.2) is 4.98 Å². The number of aromatic nitrogens is 1. The summed E-state index contributed by atoms with van der Waals surface area (Å²) in [6.07, 6.45) is 0. The predicted molar refractivity (Wildman–Crippen MR) is 55.9 cm³/mol. The highest BCUT2D eigenvalue weighted by molar-refractivity contribution is 5.97. The Hall–Kier alpha value is -2.22. The lowest BCUT2D eigenvalue weighted by Gasteiger charge is -1.98. The fourth-order valence-electron chi connectivity index (χ4n) is 1.62. The van der Waals surface area contributed by atoms with Crippen molar-refractivity contribution < 1.29 is 9.84 Å². The largest absolute Gasteiger partial charge is 0.497 e. The predicted octanol–water partition coefficient (Wildman–Crippen LogP) is 2.38. The van der Waals surface area contributed by atoms with Crippen LogP contribution in [-0.4, -0.2) is 16.8 Å². The first-order valence-corrected chi connectivity index (χ1v) is 4.39. The molecule has 0 saturated heterocycles. The molecule has 0 aliphatic carbocycles. The second kappa shape index (κ2) is 3.17. The molecule has 0 spiro atoms. The van der Waals surface area contributed by atoms with Crippen molar-refractivity contribution in [3.05, 3.63) is 23.2 Å². The Morgan fingerprint density at radius 2 is 2.20 bits per heavy atom. The lowest BCUT2D eigenvalue weighted by Crippen LogP contribution is -1.86. The van der Waals surface area contributed by atoms with Gasteiger partial charge in [-0.05, 0) is 18.2 Å². The van der Waals surface area contributed by atoms with Gasteiger partial charge in [0.25, 0.3) is 5.88 Å². The molecule has 0 atom stereocenters. The molecule has 0 aliphatic rings. The number of hydrogen-bond acceptors (Lipinski definition) is 3. The van der Waals surface area contributed by atoms with Crippen LogP contribution in [0.4, 0.5) is 5.69 Å². The first kappa shape index (κ1) is 9.34. The third-order valence-corrected chi connectivity index (χ3v) is 2.45. The molecule has 0 bridgehead atoms. The lowest BCUT2D eigenvalue weighted by atomic mass is 10.2. The van der Waals surface area contributed by atoms with Crippen LogP contribution in [-0.2, 0) is 7.05 Å². The Labute approximate surface area is 86.1 Å². The molecule has 76 valence electrons. The number of diazo groups is 1. The van der Waals surface area contributed by atoms with E-state index in [-0.39, 0.29) is 11.6 Å². The van der Waals surface area contributed by atoms with E-state index >= 15 is 0 Å². The Kier molecular flexibility index (Phi) is 1.97. The molecule has 15 heavy (non-hydrogen) atoms. The molecule has 2 rings (SSSR count). The van der Waals surface area contributed by atoms with Crippen molar-refractivity contribution in [1.82, 2.24) is 4.57 Å². The van der Waals surface area contributed by atoms with Gasteiger partial charge in [-0.15, -0.1) is 0 Å². The molecule has 0 unspecified atom stereocenters. The van der Waals surface area contributed by atoms with Crippen molar-refractivity contribution in [3.8, 4) is 11.6 Å². The summed E-state index contributed by atoms with van der Waals surface area (Å²) in [5.41, 5.74) is 0.938. The second-order valence-electron chi connectivity index (χ2n) is 3.21. The van der Waals surface area contributed by atoms with E-state index in [1.807, 2.05) is 0 Å². The molecule has 0 amide bonds. The summed E-state index contributed by atoms with van der Waals surface area (Å²) in [6, 6.07) is 5.29. The van der Waals surface area contributed by atoms with Gasteiger partial charge in [-0.3, -0.25) is 0 Å². The van der Waals surface area contributed by atoms with Crippen LogP contribution in [0.5, 0.6) is 11.6 Å². The van der Waals surface area contributed by atoms with Crippen LogP contribution in [0.3, 0.4) is 0 Å². The van der Waals surface area contributed by atoms with Crippen molar-refractivity contribution in [3.63, 3.8) is 0 Å². The number of rotatable bonds is 1. The monoisotopic (exact) mass is 204 g/mol. The topological polar surface area (TPSA) is 62.5 Å². The fourth-order valence-corrected chi connectivity index (χ4v) is 1.62. The van der Waals surface area contributed by atoms with E-state index in [2.05, 4.69) is 4.98 Å². The first-order chi connectivity index (χ1) is 7.19. The Morgan fingerprint density at radius 1 is 1.47 bits per heavy atom. The molecule has 2 aromatic rings. The van der Waals surface area contributed by atoms with Crippen LogP contribution < -0.4 is 4.74 Å². The Morgan fingerprint density at radius 3 is 2.80 bits per heavy atom. The SMILES string of the molecule is COc1ccc2c(c1)c([N+]#N)c(O)n2C.